The van der Waals surface area contributed by atoms with E-state index >= 15 is 0 Å². The molecule has 0 aromatic carbocycles. The van der Waals surface area contributed by atoms with Gasteiger partial charge in [0.15, 0.2) is 5.60 Å². The third-order valence-electron chi connectivity index (χ3n) is 3.71. The molecule has 1 unspecified atom stereocenters. The molecule has 2 heterocycles. The number of amides is 2. The van der Waals surface area contributed by atoms with Gasteiger partial charge in [0.2, 0.25) is 0 Å². The summed E-state index contributed by atoms with van der Waals surface area (Å²) >= 11 is 0. The Morgan fingerprint density at radius 3 is 2.71 bits per heavy atom. The van der Waals surface area contributed by atoms with Gasteiger partial charge >= 0.3 is 0 Å². The molecule has 0 radical (unpaired) electrons. The van der Waals surface area contributed by atoms with E-state index in [1.807, 2.05) is 19.9 Å². The molecule has 1 atom stereocenters. The second-order valence-electron chi connectivity index (χ2n) is 5.06. The number of rotatable bonds is 4. The molecule has 0 bridgehead atoms. The summed E-state index contributed by atoms with van der Waals surface area (Å²) in [6.45, 7) is 4.79. The van der Waals surface area contributed by atoms with E-state index in [0.717, 1.165) is 5.69 Å². The van der Waals surface area contributed by atoms with Gasteiger partial charge in [0.25, 0.3) is 11.8 Å². The lowest BCUT2D eigenvalue weighted by atomic mass is 10.0. The maximum atomic E-state index is 12.2. The van der Waals surface area contributed by atoms with Crippen molar-refractivity contribution in [3.8, 4) is 0 Å². The lowest BCUT2D eigenvalue weighted by Gasteiger charge is -2.25. The highest BCUT2D eigenvalue weighted by Gasteiger charge is 2.43. The van der Waals surface area contributed by atoms with Gasteiger partial charge in [0.05, 0.1) is 13.2 Å². The quantitative estimate of drug-likeness (QED) is 0.782. The van der Waals surface area contributed by atoms with Crippen LogP contribution in [0.15, 0.2) is 12.1 Å². The van der Waals surface area contributed by atoms with Gasteiger partial charge in [0.1, 0.15) is 5.69 Å². The van der Waals surface area contributed by atoms with Crippen LogP contribution in [0.1, 0.15) is 29.5 Å². The van der Waals surface area contributed by atoms with Crippen molar-refractivity contribution in [1.82, 2.24) is 15.4 Å². The zero-order chi connectivity index (χ0) is 15.5. The number of carbonyl (C=O) groups is 2. The van der Waals surface area contributed by atoms with Crippen molar-refractivity contribution in [1.29, 1.82) is 0 Å². The van der Waals surface area contributed by atoms with Crippen LogP contribution >= 0.6 is 0 Å². The van der Waals surface area contributed by atoms with Crippen LogP contribution in [0.4, 0.5) is 0 Å². The second kappa shape index (κ2) is 6.28. The van der Waals surface area contributed by atoms with Crippen molar-refractivity contribution in [3.63, 3.8) is 0 Å². The fourth-order valence-electron chi connectivity index (χ4n) is 2.31. The average Bonchev–Trinajstić information content (AvgIpc) is 3.06. The van der Waals surface area contributed by atoms with Crippen LogP contribution in [-0.4, -0.2) is 41.8 Å². The summed E-state index contributed by atoms with van der Waals surface area (Å²) in [5.41, 5.74) is 5.27. The average molecular weight is 295 g/mol. The van der Waals surface area contributed by atoms with Crippen LogP contribution in [0.2, 0.25) is 0 Å². The van der Waals surface area contributed by atoms with Crippen LogP contribution in [-0.2, 0) is 21.3 Å². The zero-order valence-electron chi connectivity index (χ0n) is 12.6. The molecule has 0 aliphatic carbocycles. The minimum atomic E-state index is -1.01. The van der Waals surface area contributed by atoms with Gasteiger partial charge < -0.3 is 14.0 Å². The highest BCUT2D eigenvalue weighted by molar-refractivity contribution is 5.95. The number of hydrogen-bond donors (Lipinski definition) is 2. The number of nitrogens with zero attached hydrogens (tertiary/aromatic N) is 1. The van der Waals surface area contributed by atoms with Crippen molar-refractivity contribution in [2.75, 3.05) is 19.8 Å². The lowest BCUT2D eigenvalue weighted by Crippen LogP contribution is -2.55. The van der Waals surface area contributed by atoms with Gasteiger partial charge in [-0.05, 0) is 26.0 Å². The summed E-state index contributed by atoms with van der Waals surface area (Å²) in [5.74, 6) is -0.759. The summed E-state index contributed by atoms with van der Waals surface area (Å²) in [6.07, 6.45) is 0.478. The monoisotopic (exact) mass is 295 g/mol. The molecule has 116 valence electrons. The van der Waals surface area contributed by atoms with Gasteiger partial charge in [-0.25, -0.2) is 0 Å². The smallest absolute Gasteiger partial charge is 0.286 e. The molecule has 2 N–H and O–H groups in total. The molecule has 2 rings (SSSR count). The van der Waals surface area contributed by atoms with Gasteiger partial charge in [-0.1, -0.05) is 0 Å². The highest BCUT2D eigenvalue weighted by atomic mass is 16.6. The minimum absolute atomic E-state index is 0.200. The van der Waals surface area contributed by atoms with Gasteiger partial charge in [-0.2, -0.15) is 0 Å². The first-order valence-corrected chi connectivity index (χ1v) is 6.95. The molecular formula is C14H21N3O4. The summed E-state index contributed by atoms with van der Waals surface area (Å²) in [4.78, 5) is 24.3. The normalized spacial score (nSPS) is 21.3. The standard InChI is InChI=1S/C14H21N3O4/c1-4-21-14(7-8-20-9-14)13(19)16-15-12(18)11-6-5-10(2)17(11)3/h5-6H,4,7-9H2,1-3H3,(H,15,18)(H,16,19). The van der Waals surface area contributed by atoms with E-state index in [1.165, 1.54) is 0 Å². The molecule has 1 fully saturated rings. The van der Waals surface area contributed by atoms with Crippen LogP contribution in [0.5, 0.6) is 0 Å². The number of aryl methyl sites for hydroxylation is 1. The third-order valence-corrected chi connectivity index (χ3v) is 3.71. The summed E-state index contributed by atoms with van der Waals surface area (Å²) in [6, 6.07) is 3.54. The van der Waals surface area contributed by atoms with Gasteiger partial charge in [-0.15, -0.1) is 0 Å². The van der Waals surface area contributed by atoms with E-state index < -0.39 is 5.60 Å². The molecule has 1 saturated heterocycles. The first kappa shape index (κ1) is 15.5. The first-order valence-electron chi connectivity index (χ1n) is 6.95. The van der Waals surface area contributed by atoms with Crippen molar-refractivity contribution in [2.24, 2.45) is 7.05 Å². The molecule has 0 spiro atoms. The Balaban J connectivity index is 1.97. The fraction of sp³-hybridized carbons (Fsp3) is 0.571. The first-order chi connectivity index (χ1) is 10.00. The molecule has 1 aromatic rings. The molecule has 7 heteroatoms. The Morgan fingerprint density at radius 1 is 1.43 bits per heavy atom. The summed E-state index contributed by atoms with van der Waals surface area (Å²) in [7, 11) is 1.79. The predicted octanol–water partition coefficient (Wildman–Crippen LogP) is 0.290. The molecule has 2 amide bonds. The number of aromatic nitrogens is 1. The van der Waals surface area contributed by atoms with Gasteiger partial charge in [-0.3, -0.25) is 20.4 Å². The summed E-state index contributed by atoms with van der Waals surface area (Å²) in [5, 5.41) is 0. The van der Waals surface area contributed by atoms with Crippen LogP contribution in [0.25, 0.3) is 0 Å². The number of ether oxygens (including phenoxy) is 2. The molecule has 1 aliphatic rings. The fourth-order valence-corrected chi connectivity index (χ4v) is 2.31. The number of hydrazine groups is 1. The molecular weight excluding hydrogens is 274 g/mol. The number of hydrogen-bond acceptors (Lipinski definition) is 4. The van der Waals surface area contributed by atoms with E-state index in [0.29, 0.717) is 25.3 Å². The van der Waals surface area contributed by atoms with Gasteiger partial charge in [0, 0.05) is 25.8 Å². The topological polar surface area (TPSA) is 81.6 Å². The largest absolute Gasteiger partial charge is 0.378 e. The second-order valence-corrected chi connectivity index (χ2v) is 5.06. The minimum Gasteiger partial charge on any atom is -0.378 e. The number of carbonyl (C=O) groups excluding carboxylic acids is 2. The Labute approximate surface area is 123 Å². The molecule has 21 heavy (non-hydrogen) atoms. The Bertz CT molecular complexity index is 532. The lowest BCUT2D eigenvalue weighted by molar-refractivity contribution is -0.147. The van der Waals surface area contributed by atoms with Crippen molar-refractivity contribution < 1.29 is 19.1 Å². The molecule has 1 aliphatic heterocycles. The van der Waals surface area contributed by atoms with E-state index in [-0.39, 0.29) is 18.4 Å². The Morgan fingerprint density at radius 2 is 2.19 bits per heavy atom. The number of nitrogens with one attached hydrogen (secondary N) is 2. The maximum absolute atomic E-state index is 12.2. The van der Waals surface area contributed by atoms with Crippen LogP contribution in [0.3, 0.4) is 0 Å². The third kappa shape index (κ3) is 3.08. The van der Waals surface area contributed by atoms with Crippen molar-refractivity contribution >= 4 is 11.8 Å². The SMILES string of the molecule is CCOC1(C(=O)NNC(=O)c2ccc(C)n2C)CCOC1. The highest BCUT2D eigenvalue weighted by Crippen LogP contribution is 2.23. The Hall–Kier alpha value is -1.86. The van der Waals surface area contributed by atoms with E-state index in [2.05, 4.69) is 10.9 Å². The summed E-state index contributed by atoms with van der Waals surface area (Å²) < 4.78 is 12.5. The van der Waals surface area contributed by atoms with E-state index in [4.69, 9.17) is 9.47 Å². The van der Waals surface area contributed by atoms with Crippen LogP contribution < -0.4 is 10.9 Å². The maximum Gasteiger partial charge on any atom is 0.286 e. The van der Waals surface area contributed by atoms with Crippen molar-refractivity contribution in [3.05, 3.63) is 23.5 Å². The molecule has 1 aromatic heterocycles. The Kier molecular flexibility index (Phi) is 4.64. The van der Waals surface area contributed by atoms with E-state index in [9.17, 15) is 9.59 Å². The molecule has 0 saturated carbocycles. The molecule has 7 nitrogen and oxygen atoms in total. The zero-order valence-corrected chi connectivity index (χ0v) is 12.6. The predicted molar refractivity (Wildman–Crippen MR) is 75.6 cm³/mol. The van der Waals surface area contributed by atoms with Crippen LogP contribution in [0, 0.1) is 6.92 Å². The van der Waals surface area contributed by atoms with E-state index in [1.54, 1.807) is 17.7 Å². The van der Waals surface area contributed by atoms with Crippen molar-refractivity contribution in [2.45, 2.75) is 25.9 Å².